The molecule has 32 heavy (non-hydrogen) atoms. The Labute approximate surface area is 193 Å². The van der Waals surface area contributed by atoms with E-state index in [0.717, 1.165) is 24.0 Å². The second-order valence-electron chi connectivity index (χ2n) is 8.46. The number of fused-ring (bicyclic) bond motifs is 1. The number of thioether (sulfide) groups is 1. The Hall–Kier alpha value is -2.36. The van der Waals surface area contributed by atoms with Gasteiger partial charge in [0.25, 0.3) is 0 Å². The van der Waals surface area contributed by atoms with Crippen molar-refractivity contribution in [2.24, 2.45) is 5.92 Å². The highest BCUT2D eigenvalue weighted by atomic mass is 32.2. The first kappa shape index (κ1) is 22.8. The van der Waals surface area contributed by atoms with Crippen LogP contribution in [0.2, 0.25) is 0 Å². The van der Waals surface area contributed by atoms with Crippen LogP contribution in [0.5, 0.6) is 0 Å². The first-order chi connectivity index (χ1) is 15.2. The van der Waals surface area contributed by atoms with Crippen LogP contribution in [0.3, 0.4) is 0 Å². The number of amides is 2. The van der Waals surface area contributed by atoms with E-state index in [-0.39, 0.29) is 17.3 Å². The second kappa shape index (κ2) is 9.25. The van der Waals surface area contributed by atoms with Gasteiger partial charge in [-0.1, -0.05) is 36.8 Å². The molecule has 9 heteroatoms. The van der Waals surface area contributed by atoms with Crippen LogP contribution >= 0.6 is 11.8 Å². The topological polar surface area (TPSA) is 95.6 Å². The van der Waals surface area contributed by atoms with Gasteiger partial charge in [0.1, 0.15) is 0 Å². The van der Waals surface area contributed by atoms with E-state index in [1.165, 1.54) is 23.9 Å². The summed E-state index contributed by atoms with van der Waals surface area (Å²) >= 11 is 1.18. The number of anilines is 1. The summed E-state index contributed by atoms with van der Waals surface area (Å²) < 4.78 is 28.1. The van der Waals surface area contributed by atoms with Gasteiger partial charge in [-0.05, 0) is 49.4 Å². The molecule has 0 saturated carbocycles. The van der Waals surface area contributed by atoms with E-state index in [2.05, 4.69) is 17.0 Å². The highest BCUT2D eigenvalue weighted by molar-refractivity contribution is 8.01. The molecule has 7 nitrogen and oxygen atoms in total. The Kier molecular flexibility index (Phi) is 6.60. The third kappa shape index (κ3) is 5.00. The number of piperidine rings is 1. The summed E-state index contributed by atoms with van der Waals surface area (Å²) in [5.74, 6) is 0.00222. The van der Waals surface area contributed by atoms with E-state index in [9.17, 15) is 18.0 Å². The molecule has 2 N–H and O–H groups in total. The van der Waals surface area contributed by atoms with Gasteiger partial charge >= 0.3 is 0 Å². The van der Waals surface area contributed by atoms with Gasteiger partial charge in [-0.15, -0.1) is 11.8 Å². The highest BCUT2D eigenvalue weighted by Crippen LogP contribution is 2.38. The Morgan fingerprint density at radius 2 is 1.84 bits per heavy atom. The zero-order chi connectivity index (χ0) is 22.9. The summed E-state index contributed by atoms with van der Waals surface area (Å²) in [5, 5.41) is 1.88. The SMILES string of the molecule is Cc1ccc(CNS(=O)(=O)c2ccc3c(c2)NC(=O)C(C(=O)N2CCC(C)CC2)S3)cc1. The fourth-order valence-corrected chi connectivity index (χ4v) is 5.88. The molecule has 1 unspecified atom stereocenters. The summed E-state index contributed by atoms with van der Waals surface area (Å²) in [6.07, 6.45) is 1.89. The van der Waals surface area contributed by atoms with Gasteiger partial charge in [-0.2, -0.15) is 0 Å². The molecule has 170 valence electrons. The maximum absolute atomic E-state index is 12.9. The van der Waals surface area contributed by atoms with Crippen molar-refractivity contribution in [3.8, 4) is 0 Å². The summed E-state index contributed by atoms with van der Waals surface area (Å²) in [4.78, 5) is 28.1. The van der Waals surface area contributed by atoms with Gasteiger partial charge in [-0.25, -0.2) is 13.1 Å². The van der Waals surface area contributed by atoms with Crippen molar-refractivity contribution in [2.45, 2.75) is 48.3 Å². The third-order valence-corrected chi connectivity index (χ3v) is 8.57. The molecular weight excluding hydrogens is 446 g/mol. The number of benzene rings is 2. The number of aryl methyl sites for hydroxylation is 1. The van der Waals surface area contributed by atoms with Crippen molar-refractivity contribution >= 4 is 39.3 Å². The van der Waals surface area contributed by atoms with E-state index >= 15 is 0 Å². The number of carbonyl (C=O) groups excluding carboxylic acids is 2. The minimum absolute atomic E-state index is 0.0686. The number of hydrogen-bond donors (Lipinski definition) is 2. The van der Waals surface area contributed by atoms with E-state index < -0.39 is 21.2 Å². The van der Waals surface area contributed by atoms with E-state index in [4.69, 9.17) is 0 Å². The number of nitrogens with zero attached hydrogens (tertiary/aromatic N) is 1. The quantitative estimate of drug-likeness (QED) is 0.651. The Balaban J connectivity index is 1.46. The van der Waals surface area contributed by atoms with Crippen LogP contribution in [0.25, 0.3) is 0 Å². The van der Waals surface area contributed by atoms with Crippen LogP contribution in [0.1, 0.15) is 30.9 Å². The van der Waals surface area contributed by atoms with Gasteiger partial charge in [0.2, 0.25) is 21.8 Å². The molecule has 1 saturated heterocycles. The van der Waals surface area contributed by atoms with Crippen molar-refractivity contribution in [1.29, 1.82) is 0 Å². The first-order valence-corrected chi connectivity index (χ1v) is 13.0. The zero-order valence-corrected chi connectivity index (χ0v) is 19.8. The number of nitrogens with one attached hydrogen (secondary N) is 2. The lowest BCUT2D eigenvalue weighted by Gasteiger charge is -2.33. The lowest BCUT2D eigenvalue weighted by atomic mass is 9.99. The molecule has 2 aromatic carbocycles. The summed E-state index contributed by atoms with van der Waals surface area (Å²) in [5.41, 5.74) is 2.37. The molecule has 0 spiro atoms. The Bertz CT molecular complexity index is 1120. The van der Waals surface area contributed by atoms with Crippen molar-refractivity contribution < 1.29 is 18.0 Å². The summed E-state index contributed by atoms with van der Waals surface area (Å²) in [6.45, 7) is 5.65. The molecule has 2 aromatic rings. The summed E-state index contributed by atoms with van der Waals surface area (Å²) in [7, 11) is -3.76. The molecule has 4 rings (SSSR count). The maximum Gasteiger partial charge on any atom is 0.247 e. The van der Waals surface area contributed by atoms with Gasteiger partial charge < -0.3 is 10.2 Å². The standard InChI is InChI=1S/C23H27N3O4S2/c1-15-3-5-17(6-4-15)14-24-32(29,30)18-7-8-20-19(13-18)25-22(27)21(31-20)23(28)26-11-9-16(2)10-12-26/h3-8,13,16,21,24H,9-12,14H2,1-2H3,(H,25,27). The molecule has 2 aliphatic heterocycles. The first-order valence-electron chi connectivity index (χ1n) is 10.7. The molecule has 2 amide bonds. The molecule has 0 aliphatic carbocycles. The molecule has 0 radical (unpaired) electrons. The molecular formula is C23H27N3O4S2. The van der Waals surface area contributed by atoms with E-state index in [0.29, 0.717) is 29.6 Å². The van der Waals surface area contributed by atoms with E-state index in [1.807, 2.05) is 31.2 Å². The van der Waals surface area contributed by atoms with Crippen molar-refractivity contribution in [1.82, 2.24) is 9.62 Å². The van der Waals surface area contributed by atoms with Gasteiger partial charge in [0.05, 0.1) is 10.6 Å². The lowest BCUT2D eigenvalue weighted by molar-refractivity contribution is -0.135. The number of rotatable bonds is 5. The predicted molar refractivity (Wildman–Crippen MR) is 125 cm³/mol. The molecule has 1 atom stereocenters. The summed E-state index contributed by atoms with van der Waals surface area (Å²) in [6, 6.07) is 12.2. The minimum Gasteiger partial charge on any atom is -0.341 e. The van der Waals surface area contributed by atoms with Crippen LogP contribution in [0.4, 0.5) is 5.69 Å². The normalized spacial score (nSPS) is 19.4. The van der Waals surface area contributed by atoms with Gasteiger partial charge in [0, 0.05) is 24.5 Å². The average Bonchev–Trinajstić information content (AvgIpc) is 2.78. The monoisotopic (exact) mass is 473 g/mol. The highest BCUT2D eigenvalue weighted by Gasteiger charge is 2.37. The molecule has 0 bridgehead atoms. The third-order valence-electron chi connectivity index (χ3n) is 5.91. The Morgan fingerprint density at radius 3 is 2.53 bits per heavy atom. The predicted octanol–water partition coefficient (Wildman–Crippen LogP) is 3.14. The lowest BCUT2D eigenvalue weighted by Crippen LogP contribution is -2.47. The second-order valence-corrected chi connectivity index (χ2v) is 11.4. The van der Waals surface area contributed by atoms with Crippen LogP contribution in [-0.2, 0) is 26.2 Å². The zero-order valence-electron chi connectivity index (χ0n) is 18.1. The smallest absolute Gasteiger partial charge is 0.247 e. The average molecular weight is 474 g/mol. The van der Waals surface area contributed by atoms with E-state index in [1.54, 1.807) is 11.0 Å². The fraction of sp³-hybridized carbons (Fsp3) is 0.391. The molecule has 2 aliphatic rings. The fourth-order valence-electron chi connectivity index (χ4n) is 3.78. The van der Waals surface area contributed by atoms with Crippen molar-refractivity contribution in [3.63, 3.8) is 0 Å². The maximum atomic E-state index is 12.9. The molecule has 0 aromatic heterocycles. The van der Waals surface area contributed by atoms with Crippen LogP contribution in [0.15, 0.2) is 52.3 Å². The van der Waals surface area contributed by atoms with Crippen LogP contribution in [0, 0.1) is 12.8 Å². The van der Waals surface area contributed by atoms with Crippen molar-refractivity contribution in [2.75, 3.05) is 18.4 Å². The Morgan fingerprint density at radius 1 is 1.16 bits per heavy atom. The number of likely N-dealkylation sites (tertiary alicyclic amines) is 1. The van der Waals surface area contributed by atoms with Crippen LogP contribution < -0.4 is 10.0 Å². The largest absolute Gasteiger partial charge is 0.341 e. The number of hydrogen-bond acceptors (Lipinski definition) is 5. The van der Waals surface area contributed by atoms with Gasteiger partial charge in [-0.3, -0.25) is 9.59 Å². The molecule has 2 heterocycles. The minimum atomic E-state index is -3.76. The van der Waals surface area contributed by atoms with Gasteiger partial charge in [0.15, 0.2) is 5.25 Å². The van der Waals surface area contributed by atoms with Crippen LogP contribution in [-0.4, -0.2) is 43.5 Å². The van der Waals surface area contributed by atoms with Crippen molar-refractivity contribution in [3.05, 3.63) is 53.6 Å². The molecule has 1 fully saturated rings. The number of sulfonamides is 1. The number of carbonyl (C=O) groups is 2.